The molecular formula is C30H31N3O3. The number of nitrogens with one attached hydrogen (secondary N) is 1. The van der Waals surface area contributed by atoms with E-state index < -0.39 is 12.0 Å². The van der Waals surface area contributed by atoms with Crippen molar-refractivity contribution < 1.29 is 14.3 Å². The van der Waals surface area contributed by atoms with Crippen molar-refractivity contribution >= 4 is 28.4 Å². The first-order valence-electron chi connectivity index (χ1n) is 12.4. The molecule has 0 radical (unpaired) electrons. The molecule has 0 bridgehead atoms. The Morgan fingerprint density at radius 3 is 2.58 bits per heavy atom. The zero-order valence-electron chi connectivity index (χ0n) is 20.9. The van der Waals surface area contributed by atoms with Crippen LogP contribution >= 0.6 is 0 Å². The molecule has 1 N–H and O–H groups in total. The van der Waals surface area contributed by atoms with Crippen LogP contribution in [0.3, 0.4) is 0 Å². The minimum atomic E-state index is -0.591. The second-order valence-corrected chi connectivity index (χ2v) is 9.26. The average molecular weight is 482 g/mol. The van der Waals surface area contributed by atoms with E-state index in [4.69, 9.17) is 4.74 Å². The third-order valence-corrected chi connectivity index (χ3v) is 7.11. The van der Waals surface area contributed by atoms with Crippen molar-refractivity contribution in [1.29, 1.82) is 0 Å². The topological polar surface area (TPSA) is 63.6 Å². The van der Waals surface area contributed by atoms with Gasteiger partial charge in [-0.05, 0) is 41.8 Å². The van der Waals surface area contributed by atoms with Gasteiger partial charge in [0.2, 0.25) is 5.91 Å². The van der Waals surface area contributed by atoms with E-state index in [0.29, 0.717) is 18.7 Å². The van der Waals surface area contributed by atoms with Gasteiger partial charge in [0.1, 0.15) is 0 Å². The van der Waals surface area contributed by atoms with E-state index in [2.05, 4.69) is 35.0 Å². The largest absolute Gasteiger partial charge is 0.383 e. The molecule has 0 unspecified atom stereocenters. The third kappa shape index (κ3) is 4.18. The summed E-state index contributed by atoms with van der Waals surface area (Å²) in [5.41, 5.74) is 5.23. The minimum absolute atomic E-state index is 0.0855. The van der Waals surface area contributed by atoms with Gasteiger partial charge in [-0.15, -0.1) is 0 Å². The summed E-state index contributed by atoms with van der Waals surface area (Å²) in [5, 5.41) is 4.19. The molecule has 0 saturated carbocycles. The predicted octanol–water partition coefficient (Wildman–Crippen LogP) is 5.31. The van der Waals surface area contributed by atoms with Gasteiger partial charge in [0.15, 0.2) is 0 Å². The Morgan fingerprint density at radius 2 is 1.78 bits per heavy atom. The van der Waals surface area contributed by atoms with Crippen molar-refractivity contribution in [2.24, 2.45) is 7.05 Å². The second-order valence-electron chi connectivity index (χ2n) is 9.26. The normalized spacial score (nSPS) is 17.3. The predicted molar refractivity (Wildman–Crippen MR) is 142 cm³/mol. The number of carbonyl (C=O) groups is 2. The van der Waals surface area contributed by atoms with Crippen LogP contribution in [-0.2, 0) is 23.0 Å². The highest BCUT2D eigenvalue weighted by Crippen LogP contribution is 2.45. The molecule has 1 aromatic heterocycles. The molecule has 1 aliphatic heterocycles. The highest BCUT2D eigenvalue weighted by atomic mass is 16.5. The maximum absolute atomic E-state index is 14.1. The number of ether oxygens (including phenoxy) is 1. The maximum Gasteiger partial charge on any atom is 0.254 e. The molecule has 184 valence electrons. The fourth-order valence-corrected chi connectivity index (χ4v) is 5.35. The van der Waals surface area contributed by atoms with Crippen LogP contribution in [0.5, 0.6) is 0 Å². The third-order valence-electron chi connectivity index (χ3n) is 7.11. The van der Waals surface area contributed by atoms with Crippen LogP contribution in [0.2, 0.25) is 0 Å². The smallest absolute Gasteiger partial charge is 0.254 e. The number of aryl methyl sites for hydroxylation is 2. The number of methoxy groups -OCH3 is 1. The van der Waals surface area contributed by atoms with E-state index in [9.17, 15) is 9.59 Å². The van der Waals surface area contributed by atoms with Crippen LogP contribution in [0.4, 0.5) is 5.69 Å². The molecule has 0 spiro atoms. The van der Waals surface area contributed by atoms with Gasteiger partial charge in [-0.1, -0.05) is 55.5 Å². The van der Waals surface area contributed by atoms with E-state index in [-0.39, 0.29) is 11.8 Å². The Hall–Kier alpha value is -3.90. The van der Waals surface area contributed by atoms with Gasteiger partial charge in [0.05, 0.1) is 18.6 Å². The Labute approximate surface area is 211 Å². The summed E-state index contributed by atoms with van der Waals surface area (Å²) in [6.45, 7) is 2.85. The monoisotopic (exact) mass is 481 g/mol. The summed E-state index contributed by atoms with van der Waals surface area (Å²) in [5.74, 6) is -0.812. The summed E-state index contributed by atoms with van der Waals surface area (Å²) >= 11 is 0. The lowest BCUT2D eigenvalue weighted by atomic mass is 9.79. The Balaban J connectivity index is 1.68. The number of amides is 2. The van der Waals surface area contributed by atoms with Gasteiger partial charge in [-0.2, -0.15) is 0 Å². The first-order chi connectivity index (χ1) is 17.5. The van der Waals surface area contributed by atoms with E-state index in [1.807, 2.05) is 67.8 Å². The summed E-state index contributed by atoms with van der Waals surface area (Å²) in [4.78, 5) is 29.7. The number of aromatic nitrogens is 1. The van der Waals surface area contributed by atoms with Gasteiger partial charge in [-0.3, -0.25) is 9.59 Å². The lowest BCUT2D eigenvalue weighted by molar-refractivity contribution is -0.119. The van der Waals surface area contributed by atoms with Gasteiger partial charge in [-0.25, -0.2) is 0 Å². The Morgan fingerprint density at radius 1 is 1.00 bits per heavy atom. The minimum Gasteiger partial charge on any atom is -0.383 e. The summed E-state index contributed by atoms with van der Waals surface area (Å²) < 4.78 is 7.43. The van der Waals surface area contributed by atoms with Crippen molar-refractivity contribution in [3.8, 4) is 0 Å². The standard InChI is InChI=1S/C30H31N3O3/c1-4-20-10-9-11-21(18-20)31-29(34)27-23-13-5-6-14-24(23)30(35)33(16-17-36-3)28(27)25-19-32(2)26-15-8-7-12-22(25)26/h5-15,18-19,27-28H,4,16-17H2,1-3H3,(H,31,34)/t27-,28-/m1/s1. The van der Waals surface area contributed by atoms with Crippen molar-refractivity contribution in [2.75, 3.05) is 25.6 Å². The van der Waals surface area contributed by atoms with Crippen LogP contribution in [-0.4, -0.2) is 41.5 Å². The number of hydrogen-bond acceptors (Lipinski definition) is 3. The number of hydrogen-bond donors (Lipinski definition) is 1. The van der Waals surface area contributed by atoms with E-state index in [0.717, 1.165) is 39.7 Å². The molecule has 6 heteroatoms. The summed E-state index contributed by atoms with van der Waals surface area (Å²) in [6, 6.07) is 23.0. The molecule has 6 nitrogen and oxygen atoms in total. The molecule has 4 aromatic rings. The number of rotatable bonds is 7. The number of benzene rings is 3. The molecule has 36 heavy (non-hydrogen) atoms. The van der Waals surface area contributed by atoms with Gasteiger partial charge in [0, 0.05) is 54.6 Å². The van der Waals surface area contributed by atoms with Gasteiger partial charge in [0.25, 0.3) is 5.91 Å². The van der Waals surface area contributed by atoms with Crippen LogP contribution < -0.4 is 5.32 Å². The van der Waals surface area contributed by atoms with Crippen molar-refractivity contribution in [3.05, 3.63) is 101 Å². The molecular weight excluding hydrogens is 450 g/mol. The number of nitrogens with zero attached hydrogens (tertiary/aromatic N) is 2. The highest BCUT2D eigenvalue weighted by Gasteiger charge is 2.45. The van der Waals surface area contributed by atoms with Crippen LogP contribution in [0.25, 0.3) is 10.9 Å². The molecule has 0 fully saturated rings. The maximum atomic E-state index is 14.1. The molecule has 2 heterocycles. The SMILES string of the molecule is CCc1cccc(NC(=O)[C@@H]2c3ccccc3C(=O)N(CCOC)[C@@H]2c2cn(C)c3ccccc23)c1. The van der Waals surface area contributed by atoms with Crippen molar-refractivity contribution in [2.45, 2.75) is 25.3 Å². The van der Waals surface area contributed by atoms with Crippen LogP contribution in [0.1, 0.15) is 45.9 Å². The van der Waals surface area contributed by atoms with E-state index >= 15 is 0 Å². The molecule has 5 rings (SSSR count). The van der Waals surface area contributed by atoms with E-state index in [1.54, 1.807) is 12.0 Å². The highest BCUT2D eigenvalue weighted by molar-refractivity contribution is 6.05. The second kappa shape index (κ2) is 9.99. The molecule has 2 amide bonds. The molecule has 3 aromatic carbocycles. The zero-order valence-corrected chi connectivity index (χ0v) is 20.9. The lowest BCUT2D eigenvalue weighted by Gasteiger charge is -2.41. The number of fused-ring (bicyclic) bond motifs is 2. The van der Waals surface area contributed by atoms with E-state index in [1.165, 1.54) is 0 Å². The first-order valence-corrected chi connectivity index (χ1v) is 12.4. The van der Waals surface area contributed by atoms with Crippen molar-refractivity contribution in [1.82, 2.24) is 9.47 Å². The first kappa shape index (κ1) is 23.8. The van der Waals surface area contributed by atoms with Gasteiger partial charge >= 0.3 is 0 Å². The van der Waals surface area contributed by atoms with Crippen molar-refractivity contribution in [3.63, 3.8) is 0 Å². The molecule has 2 atom stereocenters. The fourth-order valence-electron chi connectivity index (χ4n) is 5.35. The average Bonchev–Trinajstić information content (AvgIpc) is 3.24. The number of para-hydroxylation sites is 1. The van der Waals surface area contributed by atoms with Crippen LogP contribution in [0.15, 0.2) is 79.0 Å². The summed E-state index contributed by atoms with van der Waals surface area (Å²) in [6.07, 6.45) is 2.93. The fraction of sp³-hybridized carbons (Fsp3) is 0.267. The Bertz CT molecular complexity index is 1420. The number of carbonyl (C=O) groups excluding carboxylic acids is 2. The zero-order chi connectivity index (χ0) is 25.2. The summed E-state index contributed by atoms with van der Waals surface area (Å²) in [7, 11) is 3.62. The Kier molecular flexibility index (Phi) is 6.61. The quantitative estimate of drug-likeness (QED) is 0.389. The molecule has 0 saturated heterocycles. The number of anilines is 1. The van der Waals surface area contributed by atoms with Gasteiger partial charge < -0.3 is 19.5 Å². The van der Waals surface area contributed by atoms with Crippen LogP contribution in [0, 0.1) is 0 Å². The lowest BCUT2D eigenvalue weighted by Crippen LogP contribution is -2.47. The molecule has 0 aliphatic carbocycles. The molecule has 1 aliphatic rings.